The summed E-state index contributed by atoms with van der Waals surface area (Å²) in [5, 5.41) is 7.59. The van der Waals surface area contributed by atoms with Crippen LogP contribution in [0.1, 0.15) is 62.4 Å². The van der Waals surface area contributed by atoms with Crippen molar-refractivity contribution in [3.8, 4) is 0 Å². The van der Waals surface area contributed by atoms with E-state index >= 15 is 0 Å². The Balaban J connectivity index is 1.99. The van der Waals surface area contributed by atoms with Crippen molar-refractivity contribution in [2.45, 2.75) is 58.8 Å². The highest BCUT2D eigenvalue weighted by molar-refractivity contribution is 7.08. The van der Waals surface area contributed by atoms with Gasteiger partial charge in [-0.15, -0.1) is 5.10 Å². The number of rotatable bonds is 6. The molecule has 0 bridgehead atoms. The van der Waals surface area contributed by atoms with Crippen LogP contribution in [0.5, 0.6) is 0 Å². The van der Waals surface area contributed by atoms with Crippen LogP contribution in [-0.4, -0.2) is 28.5 Å². The summed E-state index contributed by atoms with van der Waals surface area (Å²) in [6.45, 7) is 6.15. The van der Waals surface area contributed by atoms with Gasteiger partial charge in [0.2, 0.25) is 0 Å². The summed E-state index contributed by atoms with van der Waals surface area (Å²) in [5.74, 6) is 1.78. The van der Waals surface area contributed by atoms with Gasteiger partial charge in [-0.25, -0.2) is 0 Å². The number of hydrogen-bond acceptors (Lipinski definition) is 4. The van der Waals surface area contributed by atoms with Gasteiger partial charge in [0.25, 0.3) is 0 Å². The average Bonchev–Trinajstić information content (AvgIpc) is 2.90. The van der Waals surface area contributed by atoms with Crippen molar-refractivity contribution < 1.29 is 0 Å². The standard InChI is InChI=1S/C15H26N4S/c1-3-4-10-16-15(14-12(2)18-19-20-14)17-11-13-8-6-5-7-9-13/h13H,3-11H2,1-2H3,(H,16,17). The molecule has 0 saturated heterocycles. The van der Waals surface area contributed by atoms with Crippen molar-refractivity contribution in [3.05, 3.63) is 10.6 Å². The zero-order chi connectivity index (χ0) is 14.2. The van der Waals surface area contributed by atoms with Gasteiger partial charge < -0.3 is 5.32 Å². The molecule has 0 amide bonds. The molecule has 0 aromatic carbocycles. The van der Waals surface area contributed by atoms with E-state index in [1.165, 1.54) is 56.5 Å². The van der Waals surface area contributed by atoms with Crippen molar-refractivity contribution in [2.24, 2.45) is 10.9 Å². The monoisotopic (exact) mass is 294 g/mol. The molecule has 1 aliphatic rings. The fraction of sp³-hybridized carbons (Fsp3) is 0.800. The van der Waals surface area contributed by atoms with Gasteiger partial charge in [-0.2, -0.15) is 0 Å². The van der Waals surface area contributed by atoms with Gasteiger partial charge in [-0.1, -0.05) is 37.1 Å². The lowest BCUT2D eigenvalue weighted by Gasteiger charge is -2.20. The van der Waals surface area contributed by atoms with Gasteiger partial charge in [-0.05, 0) is 43.6 Å². The smallest absolute Gasteiger partial charge is 0.142 e. The number of aryl methyl sites for hydroxylation is 1. The lowest BCUT2D eigenvalue weighted by molar-refractivity contribution is 0.367. The second kappa shape index (κ2) is 8.35. The molecule has 0 unspecified atom stereocenters. The second-order valence-corrected chi connectivity index (χ2v) is 6.42. The Morgan fingerprint density at radius 1 is 1.35 bits per heavy atom. The number of aliphatic imine (C=N–C) groups is 1. The molecular formula is C15H26N4S. The summed E-state index contributed by atoms with van der Waals surface area (Å²) in [4.78, 5) is 5.97. The first kappa shape index (κ1) is 15.4. The number of unbranched alkanes of at least 4 members (excludes halogenated alkanes) is 1. The van der Waals surface area contributed by atoms with E-state index in [-0.39, 0.29) is 0 Å². The molecule has 1 fully saturated rings. The van der Waals surface area contributed by atoms with E-state index in [9.17, 15) is 0 Å². The highest BCUT2D eigenvalue weighted by Crippen LogP contribution is 2.24. The lowest BCUT2D eigenvalue weighted by Crippen LogP contribution is -2.26. The molecular weight excluding hydrogens is 268 g/mol. The summed E-state index contributed by atoms with van der Waals surface area (Å²) < 4.78 is 4.04. The Hall–Kier alpha value is -0.970. The fourth-order valence-electron chi connectivity index (χ4n) is 2.63. The molecule has 4 nitrogen and oxygen atoms in total. The summed E-state index contributed by atoms with van der Waals surface area (Å²) in [6, 6.07) is 0. The molecule has 1 aromatic heterocycles. The molecule has 1 saturated carbocycles. The predicted molar refractivity (Wildman–Crippen MR) is 85.5 cm³/mol. The maximum absolute atomic E-state index is 4.86. The van der Waals surface area contributed by atoms with E-state index in [4.69, 9.17) is 4.99 Å². The Labute approximate surface area is 126 Å². The normalized spacial score (nSPS) is 17.4. The molecule has 2 rings (SSSR count). The Morgan fingerprint density at radius 3 is 2.80 bits per heavy atom. The molecule has 1 aliphatic carbocycles. The van der Waals surface area contributed by atoms with Crippen LogP contribution in [0, 0.1) is 12.8 Å². The Bertz CT molecular complexity index is 421. The number of hydrogen-bond donors (Lipinski definition) is 1. The third kappa shape index (κ3) is 4.54. The molecule has 0 radical (unpaired) electrons. The lowest BCUT2D eigenvalue weighted by atomic mass is 9.89. The van der Waals surface area contributed by atoms with Gasteiger partial charge in [0.1, 0.15) is 10.7 Å². The molecule has 5 heteroatoms. The van der Waals surface area contributed by atoms with Gasteiger partial charge in [0.05, 0.1) is 5.69 Å². The third-order valence-electron chi connectivity index (χ3n) is 3.92. The molecule has 0 spiro atoms. The SMILES string of the molecule is CCCCNC(=NCC1CCCCC1)c1snnc1C. The largest absolute Gasteiger partial charge is 0.369 e. The summed E-state index contributed by atoms with van der Waals surface area (Å²) in [5.41, 5.74) is 0.987. The number of nitrogens with one attached hydrogen (secondary N) is 1. The minimum atomic E-state index is 0.771. The zero-order valence-corrected chi connectivity index (χ0v) is 13.5. The van der Waals surface area contributed by atoms with Crippen LogP contribution in [0.25, 0.3) is 0 Å². The van der Waals surface area contributed by atoms with E-state index < -0.39 is 0 Å². The highest BCUT2D eigenvalue weighted by Gasteiger charge is 2.15. The zero-order valence-electron chi connectivity index (χ0n) is 12.7. The van der Waals surface area contributed by atoms with Crippen molar-refractivity contribution in [3.63, 3.8) is 0 Å². The predicted octanol–water partition coefficient (Wildman–Crippen LogP) is 3.56. The van der Waals surface area contributed by atoms with Gasteiger partial charge >= 0.3 is 0 Å². The second-order valence-electron chi connectivity index (χ2n) is 5.66. The van der Waals surface area contributed by atoms with Gasteiger partial charge in [0.15, 0.2) is 0 Å². The van der Waals surface area contributed by atoms with Crippen LogP contribution in [0.2, 0.25) is 0 Å². The van der Waals surface area contributed by atoms with Crippen LogP contribution in [0.4, 0.5) is 0 Å². The molecule has 20 heavy (non-hydrogen) atoms. The van der Waals surface area contributed by atoms with Gasteiger partial charge in [-0.3, -0.25) is 4.99 Å². The molecule has 0 aliphatic heterocycles. The van der Waals surface area contributed by atoms with Crippen LogP contribution in [-0.2, 0) is 0 Å². The first-order chi connectivity index (χ1) is 9.81. The van der Waals surface area contributed by atoms with E-state index in [1.807, 2.05) is 6.92 Å². The van der Waals surface area contributed by atoms with E-state index in [2.05, 4.69) is 21.8 Å². The van der Waals surface area contributed by atoms with Crippen LogP contribution in [0.15, 0.2) is 4.99 Å². The molecule has 112 valence electrons. The minimum Gasteiger partial charge on any atom is -0.369 e. The first-order valence-electron chi connectivity index (χ1n) is 7.89. The minimum absolute atomic E-state index is 0.771. The van der Waals surface area contributed by atoms with E-state index in [1.54, 1.807) is 0 Å². The van der Waals surface area contributed by atoms with Crippen LogP contribution in [0.3, 0.4) is 0 Å². The highest BCUT2D eigenvalue weighted by atomic mass is 32.1. The van der Waals surface area contributed by atoms with Crippen molar-refractivity contribution in [1.29, 1.82) is 0 Å². The number of nitrogens with zero attached hydrogens (tertiary/aromatic N) is 3. The average molecular weight is 294 g/mol. The first-order valence-corrected chi connectivity index (χ1v) is 8.66. The molecule has 1 N–H and O–H groups in total. The maximum Gasteiger partial charge on any atom is 0.142 e. The van der Waals surface area contributed by atoms with Crippen molar-refractivity contribution >= 4 is 17.4 Å². The van der Waals surface area contributed by atoms with Crippen molar-refractivity contribution in [2.75, 3.05) is 13.1 Å². The molecule has 1 aromatic rings. The van der Waals surface area contributed by atoms with E-state index in [0.29, 0.717) is 0 Å². The van der Waals surface area contributed by atoms with Crippen molar-refractivity contribution in [1.82, 2.24) is 14.9 Å². The van der Waals surface area contributed by atoms with Gasteiger partial charge in [0, 0.05) is 13.1 Å². The summed E-state index contributed by atoms with van der Waals surface area (Å²) in [7, 11) is 0. The molecule has 0 atom stereocenters. The number of aromatic nitrogens is 2. The third-order valence-corrected chi connectivity index (χ3v) is 4.76. The molecule has 1 heterocycles. The fourth-order valence-corrected chi connectivity index (χ4v) is 3.27. The Morgan fingerprint density at radius 2 is 2.15 bits per heavy atom. The number of amidine groups is 1. The maximum atomic E-state index is 4.86. The summed E-state index contributed by atoms with van der Waals surface area (Å²) in [6.07, 6.45) is 9.20. The van der Waals surface area contributed by atoms with E-state index in [0.717, 1.165) is 35.4 Å². The summed E-state index contributed by atoms with van der Waals surface area (Å²) >= 11 is 1.45. The van der Waals surface area contributed by atoms with Crippen LogP contribution < -0.4 is 5.32 Å². The Kier molecular flexibility index (Phi) is 6.43. The topological polar surface area (TPSA) is 50.2 Å². The quantitative estimate of drug-likeness (QED) is 0.496. The van der Waals surface area contributed by atoms with Crippen LogP contribution >= 0.6 is 11.5 Å².